The monoisotopic (exact) mass is 240 g/mol. The summed E-state index contributed by atoms with van der Waals surface area (Å²) in [6.07, 6.45) is 0. The zero-order valence-corrected chi connectivity index (χ0v) is 10.5. The fourth-order valence-electron chi connectivity index (χ4n) is 1.22. The molecule has 2 N–H and O–H groups in total. The fraction of sp³-hybridized carbons (Fsp3) is 0.417. The fourth-order valence-corrected chi connectivity index (χ4v) is 1.47. The minimum Gasteiger partial charge on any atom is -0.473 e. The van der Waals surface area contributed by atoms with Crippen molar-refractivity contribution >= 4 is 17.5 Å². The molecule has 1 atom stereocenters. The van der Waals surface area contributed by atoms with E-state index in [4.69, 9.17) is 22.2 Å². The van der Waals surface area contributed by atoms with Crippen LogP contribution in [0.25, 0.3) is 0 Å². The second kappa shape index (κ2) is 5.21. The van der Waals surface area contributed by atoms with Crippen LogP contribution in [-0.2, 0) is 4.74 Å². The molecule has 4 heteroatoms. The molecule has 0 saturated heterocycles. The molecular formula is C12H17ClN2O. The van der Waals surface area contributed by atoms with Crippen molar-refractivity contribution < 1.29 is 4.74 Å². The average Bonchev–Trinajstić information content (AvgIpc) is 2.25. The Balaban J connectivity index is 2.83. The van der Waals surface area contributed by atoms with E-state index in [0.717, 1.165) is 5.56 Å². The normalized spacial score (nSPS) is 14.6. The highest BCUT2D eigenvalue weighted by atomic mass is 35.5. The molecule has 1 aromatic rings. The van der Waals surface area contributed by atoms with E-state index in [1.165, 1.54) is 0 Å². The van der Waals surface area contributed by atoms with Crippen LogP contribution in [0.2, 0.25) is 0 Å². The molecule has 0 bridgehead atoms. The molecule has 0 aliphatic carbocycles. The molecular weight excluding hydrogens is 224 g/mol. The maximum absolute atomic E-state index is 6.24. The number of halogens is 1. The van der Waals surface area contributed by atoms with Crippen molar-refractivity contribution in [1.29, 1.82) is 0 Å². The van der Waals surface area contributed by atoms with E-state index in [0.29, 0.717) is 5.90 Å². The van der Waals surface area contributed by atoms with Gasteiger partial charge in [-0.05, 0) is 26.3 Å². The molecule has 0 amide bonds. The topological polar surface area (TPSA) is 47.6 Å². The Morgan fingerprint density at radius 2 is 1.88 bits per heavy atom. The van der Waals surface area contributed by atoms with Gasteiger partial charge < -0.3 is 10.6 Å². The largest absolute Gasteiger partial charge is 0.473 e. The first-order chi connectivity index (χ1) is 7.44. The lowest BCUT2D eigenvalue weighted by atomic mass is 10.1. The van der Waals surface area contributed by atoms with Crippen molar-refractivity contribution in [2.75, 3.05) is 0 Å². The first kappa shape index (κ1) is 12.8. The summed E-state index contributed by atoms with van der Waals surface area (Å²) < 4.78 is 5.60. The molecule has 1 unspecified atom stereocenters. The van der Waals surface area contributed by atoms with Crippen molar-refractivity contribution in [3.05, 3.63) is 35.9 Å². The van der Waals surface area contributed by atoms with Crippen LogP contribution in [-0.4, -0.2) is 11.5 Å². The summed E-state index contributed by atoms with van der Waals surface area (Å²) in [6.45, 7) is 5.77. The van der Waals surface area contributed by atoms with Crippen LogP contribution in [0.4, 0.5) is 0 Å². The standard InChI is InChI=1S/C12H17ClN2O/c1-12(2,3)16-11(15-14)10(13)9-7-5-4-6-8-9/h4-8,10H,14H2,1-3H3. The highest BCUT2D eigenvalue weighted by Crippen LogP contribution is 2.24. The lowest BCUT2D eigenvalue weighted by Gasteiger charge is -2.24. The van der Waals surface area contributed by atoms with Crippen molar-refractivity contribution in [3.8, 4) is 0 Å². The van der Waals surface area contributed by atoms with Gasteiger partial charge in [-0.2, -0.15) is 0 Å². The second-order valence-electron chi connectivity index (χ2n) is 4.46. The Morgan fingerprint density at radius 3 is 2.31 bits per heavy atom. The summed E-state index contributed by atoms with van der Waals surface area (Å²) in [7, 11) is 0. The number of hydrogen-bond acceptors (Lipinski definition) is 3. The average molecular weight is 241 g/mol. The molecule has 0 aliphatic heterocycles. The lowest BCUT2D eigenvalue weighted by Crippen LogP contribution is -2.27. The van der Waals surface area contributed by atoms with Crippen LogP contribution in [0.3, 0.4) is 0 Å². The molecule has 0 aromatic heterocycles. The third-order valence-corrected chi connectivity index (χ3v) is 2.29. The number of hydrogen-bond donors (Lipinski definition) is 1. The molecule has 0 radical (unpaired) electrons. The molecule has 88 valence electrons. The molecule has 0 saturated carbocycles. The van der Waals surface area contributed by atoms with Crippen molar-refractivity contribution in [2.24, 2.45) is 10.9 Å². The van der Waals surface area contributed by atoms with Gasteiger partial charge in [0, 0.05) is 0 Å². The molecule has 0 heterocycles. The molecule has 1 rings (SSSR count). The SMILES string of the molecule is CC(C)(C)OC(=NN)C(Cl)c1ccccc1. The van der Waals surface area contributed by atoms with E-state index in [2.05, 4.69) is 5.10 Å². The molecule has 1 aromatic carbocycles. The zero-order chi connectivity index (χ0) is 12.2. The third-order valence-electron chi connectivity index (χ3n) is 1.85. The molecule has 16 heavy (non-hydrogen) atoms. The number of rotatable bonds is 2. The van der Waals surface area contributed by atoms with E-state index in [1.54, 1.807) is 0 Å². The molecule has 0 spiro atoms. The van der Waals surface area contributed by atoms with Crippen LogP contribution in [0.1, 0.15) is 31.7 Å². The Morgan fingerprint density at radius 1 is 1.31 bits per heavy atom. The summed E-state index contributed by atoms with van der Waals surface area (Å²) in [5.74, 6) is 5.63. The number of nitrogens with zero attached hydrogens (tertiary/aromatic N) is 1. The lowest BCUT2D eigenvalue weighted by molar-refractivity contribution is 0.112. The smallest absolute Gasteiger partial charge is 0.228 e. The number of ether oxygens (including phenoxy) is 1. The summed E-state index contributed by atoms with van der Waals surface area (Å²) in [4.78, 5) is 0. The second-order valence-corrected chi connectivity index (χ2v) is 4.89. The van der Waals surface area contributed by atoms with Gasteiger partial charge in [0.05, 0.1) is 0 Å². The Hall–Kier alpha value is -1.22. The van der Waals surface area contributed by atoms with Crippen LogP contribution in [0, 0.1) is 0 Å². The number of hydrazone groups is 1. The molecule has 0 fully saturated rings. The Bertz CT molecular complexity index is 357. The van der Waals surface area contributed by atoms with Gasteiger partial charge in [-0.15, -0.1) is 16.7 Å². The van der Waals surface area contributed by atoms with Crippen LogP contribution in [0.15, 0.2) is 35.4 Å². The quantitative estimate of drug-likeness (QED) is 0.284. The number of alkyl halides is 1. The number of benzene rings is 1. The van der Waals surface area contributed by atoms with Gasteiger partial charge in [0.15, 0.2) is 0 Å². The van der Waals surface area contributed by atoms with Gasteiger partial charge in [0.1, 0.15) is 11.0 Å². The maximum atomic E-state index is 6.24. The number of nitrogens with two attached hydrogens (primary N) is 1. The Labute approximate surface area is 101 Å². The van der Waals surface area contributed by atoms with Crippen LogP contribution >= 0.6 is 11.6 Å². The van der Waals surface area contributed by atoms with E-state index in [9.17, 15) is 0 Å². The highest BCUT2D eigenvalue weighted by molar-refractivity contribution is 6.30. The summed E-state index contributed by atoms with van der Waals surface area (Å²) in [6, 6.07) is 9.58. The molecule has 3 nitrogen and oxygen atoms in total. The molecule has 0 aliphatic rings. The van der Waals surface area contributed by atoms with Crippen molar-refractivity contribution in [1.82, 2.24) is 0 Å². The van der Waals surface area contributed by atoms with E-state index < -0.39 is 5.38 Å². The van der Waals surface area contributed by atoms with Crippen LogP contribution < -0.4 is 5.84 Å². The maximum Gasteiger partial charge on any atom is 0.228 e. The third kappa shape index (κ3) is 3.74. The summed E-state index contributed by atoms with van der Waals surface area (Å²) in [5.41, 5.74) is 0.553. The minimum atomic E-state index is -0.453. The van der Waals surface area contributed by atoms with E-state index in [1.807, 2.05) is 51.1 Å². The van der Waals surface area contributed by atoms with Crippen molar-refractivity contribution in [2.45, 2.75) is 31.7 Å². The first-order valence-electron chi connectivity index (χ1n) is 5.10. The van der Waals surface area contributed by atoms with E-state index >= 15 is 0 Å². The van der Waals surface area contributed by atoms with Crippen LogP contribution in [0.5, 0.6) is 0 Å². The first-order valence-corrected chi connectivity index (χ1v) is 5.53. The predicted molar refractivity (Wildman–Crippen MR) is 67.5 cm³/mol. The van der Waals surface area contributed by atoms with Crippen molar-refractivity contribution in [3.63, 3.8) is 0 Å². The zero-order valence-electron chi connectivity index (χ0n) is 9.77. The van der Waals surface area contributed by atoms with Gasteiger partial charge >= 0.3 is 0 Å². The van der Waals surface area contributed by atoms with Gasteiger partial charge in [-0.25, -0.2) is 0 Å². The Kier molecular flexibility index (Phi) is 4.19. The van der Waals surface area contributed by atoms with Gasteiger partial charge in [0.25, 0.3) is 0 Å². The van der Waals surface area contributed by atoms with Gasteiger partial charge in [-0.1, -0.05) is 30.3 Å². The highest BCUT2D eigenvalue weighted by Gasteiger charge is 2.22. The van der Waals surface area contributed by atoms with Gasteiger partial charge in [0.2, 0.25) is 5.90 Å². The van der Waals surface area contributed by atoms with Gasteiger partial charge in [-0.3, -0.25) is 0 Å². The minimum absolute atomic E-state index is 0.334. The predicted octanol–water partition coefficient (Wildman–Crippen LogP) is 3.05. The van der Waals surface area contributed by atoms with E-state index in [-0.39, 0.29) is 5.60 Å². The summed E-state index contributed by atoms with van der Waals surface area (Å²) in [5, 5.41) is 3.16. The summed E-state index contributed by atoms with van der Waals surface area (Å²) >= 11 is 6.24.